The molecule has 2 rings (SSSR count). The summed E-state index contributed by atoms with van der Waals surface area (Å²) in [5, 5.41) is 13.4. The van der Waals surface area contributed by atoms with Crippen LogP contribution >= 0.6 is 0 Å². The molecule has 0 aliphatic carbocycles. The third-order valence-electron chi connectivity index (χ3n) is 4.40. The average molecular weight is 373 g/mol. The number of benzene rings is 1. The van der Waals surface area contributed by atoms with Gasteiger partial charge in [0.1, 0.15) is 6.10 Å². The van der Waals surface area contributed by atoms with Crippen LogP contribution in [0, 0.1) is 0 Å². The summed E-state index contributed by atoms with van der Waals surface area (Å²) in [6.07, 6.45) is 1.13. The Morgan fingerprint density at radius 1 is 1.22 bits per heavy atom. The summed E-state index contributed by atoms with van der Waals surface area (Å²) in [4.78, 5) is 15.0. The lowest BCUT2D eigenvalue weighted by atomic mass is 10.0. The number of rotatable bonds is 12. The molecule has 148 valence electrons. The second-order valence-electron chi connectivity index (χ2n) is 7.03. The minimum Gasteiger partial charge on any atom is -0.389 e. The molecule has 2 atom stereocenters. The molecule has 0 radical (unpaired) electrons. The molecule has 2 N–H and O–H groups in total. The highest BCUT2D eigenvalue weighted by atomic mass is 16.5. The topological polar surface area (TPSA) is 66.7 Å². The molecule has 0 saturated carbocycles. The first-order valence-electron chi connectivity index (χ1n) is 9.32. The van der Waals surface area contributed by atoms with Crippen molar-refractivity contribution in [2.45, 2.75) is 18.6 Å². The van der Waals surface area contributed by atoms with E-state index >= 15 is 0 Å². The lowest BCUT2D eigenvalue weighted by Gasteiger charge is -2.20. The van der Waals surface area contributed by atoms with Gasteiger partial charge in [-0.2, -0.15) is 0 Å². The van der Waals surface area contributed by atoms with Gasteiger partial charge in [-0.3, -0.25) is 4.79 Å². The summed E-state index contributed by atoms with van der Waals surface area (Å²) in [5.74, 6) is -0.0652. The Morgan fingerprint density at radius 2 is 1.96 bits per heavy atom. The van der Waals surface area contributed by atoms with E-state index in [1.807, 2.05) is 62.2 Å². The van der Waals surface area contributed by atoms with Crippen LogP contribution in [0.1, 0.15) is 16.1 Å². The van der Waals surface area contributed by atoms with Crippen molar-refractivity contribution >= 4 is 5.78 Å². The molecule has 6 heteroatoms. The largest absolute Gasteiger partial charge is 0.389 e. The lowest BCUT2D eigenvalue weighted by Crippen LogP contribution is -2.37. The number of aromatic nitrogens is 1. The third kappa shape index (κ3) is 7.27. The van der Waals surface area contributed by atoms with Crippen LogP contribution in [0.25, 0.3) is 0 Å². The van der Waals surface area contributed by atoms with E-state index in [0.29, 0.717) is 18.5 Å². The molecule has 2 aromatic rings. The van der Waals surface area contributed by atoms with Gasteiger partial charge in [0.05, 0.1) is 12.7 Å². The third-order valence-corrected chi connectivity index (χ3v) is 4.40. The summed E-state index contributed by atoms with van der Waals surface area (Å²) < 4.78 is 7.84. The van der Waals surface area contributed by atoms with E-state index < -0.39 is 12.2 Å². The molecule has 0 spiro atoms. The van der Waals surface area contributed by atoms with Gasteiger partial charge in [0.25, 0.3) is 0 Å². The number of hydrogen-bond acceptors (Lipinski definition) is 5. The Labute approximate surface area is 161 Å². The molecule has 0 bridgehead atoms. The summed E-state index contributed by atoms with van der Waals surface area (Å²) in [6, 6.07) is 13.1. The molecule has 0 amide bonds. The Balaban J connectivity index is 1.93. The van der Waals surface area contributed by atoms with E-state index in [2.05, 4.69) is 10.2 Å². The van der Waals surface area contributed by atoms with Crippen LogP contribution in [-0.4, -0.2) is 72.9 Å². The number of carbonyl (C=O) groups is 1. The Hall–Kier alpha value is -1.99. The van der Waals surface area contributed by atoms with Crippen molar-refractivity contribution in [3.63, 3.8) is 0 Å². The second-order valence-corrected chi connectivity index (χ2v) is 7.03. The van der Waals surface area contributed by atoms with Gasteiger partial charge in [-0.1, -0.05) is 30.3 Å². The summed E-state index contributed by atoms with van der Waals surface area (Å²) in [5.41, 5.74) is 1.64. The first-order chi connectivity index (χ1) is 13.0. The van der Waals surface area contributed by atoms with Crippen molar-refractivity contribution < 1.29 is 14.6 Å². The van der Waals surface area contributed by atoms with Crippen molar-refractivity contribution in [1.82, 2.24) is 14.8 Å². The first kappa shape index (κ1) is 21.3. The Morgan fingerprint density at radius 3 is 2.59 bits per heavy atom. The molecule has 0 aliphatic heterocycles. The minimum absolute atomic E-state index is 0.0652. The number of hydrogen-bond donors (Lipinski definition) is 2. The monoisotopic (exact) mass is 373 g/mol. The molecule has 1 aromatic carbocycles. The van der Waals surface area contributed by atoms with E-state index in [9.17, 15) is 9.90 Å². The fourth-order valence-corrected chi connectivity index (χ4v) is 2.77. The van der Waals surface area contributed by atoms with Gasteiger partial charge >= 0.3 is 0 Å². The maximum absolute atomic E-state index is 12.9. The Kier molecular flexibility index (Phi) is 8.67. The molecule has 1 heterocycles. The lowest BCUT2D eigenvalue weighted by molar-refractivity contribution is -0.00216. The number of likely N-dealkylation sites (N-methyl/N-ethyl adjacent to an activating group) is 1. The van der Waals surface area contributed by atoms with Gasteiger partial charge in [0, 0.05) is 50.6 Å². The number of ketones is 1. The summed E-state index contributed by atoms with van der Waals surface area (Å²) in [7, 11) is 5.96. The summed E-state index contributed by atoms with van der Waals surface area (Å²) in [6.45, 7) is 2.24. The highest BCUT2D eigenvalue weighted by molar-refractivity contribution is 5.99. The van der Waals surface area contributed by atoms with Crippen LogP contribution < -0.4 is 5.32 Å². The van der Waals surface area contributed by atoms with Gasteiger partial charge in [0.15, 0.2) is 5.78 Å². The normalized spacial score (nSPS) is 13.7. The van der Waals surface area contributed by atoms with E-state index in [1.54, 1.807) is 12.1 Å². The maximum Gasteiger partial charge on any atom is 0.191 e. The van der Waals surface area contributed by atoms with E-state index in [0.717, 1.165) is 18.8 Å². The molecule has 1 aromatic heterocycles. The highest BCUT2D eigenvalue weighted by Crippen LogP contribution is 2.13. The predicted molar refractivity (Wildman–Crippen MR) is 107 cm³/mol. The van der Waals surface area contributed by atoms with Gasteiger partial charge in [0.2, 0.25) is 0 Å². The smallest absolute Gasteiger partial charge is 0.191 e. The van der Waals surface area contributed by atoms with Gasteiger partial charge < -0.3 is 24.6 Å². The average Bonchev–Trinajstić information content (AvgIpc) is 3.06. The van der Waals surface area contributed by atoms with Crippen molar-refractivity contribution in [3.8, 4) is 0 Å². The molecule has 2 unspecified atom stereocenters. The number of nitrogens with zero attached hydrogens (tertiary/aromatic N) is 2. The predicted octanol–water partition coefficient (Wildman–Crippen LogP) is 1.35. The number of aryl methyl sites for hydroxylation is 1. The van der Waals surface area contributed by atoms with Crippen molar-refractivity contribution in [1.29, 1.82) is 0 Å². The molecule has 6 nitrogen and oxygen atoms in total. The van der Waals surface area contributed by atoms with E-state index in [4.69, 9.17) is 4.74 Å². The SMILES string of the molecule is CN(C)CCNCC(O)COC(Cc1cccn1C)C(=O)c1ccccc1. The van der Waals surface area contributed by atoms with Crippen LogP contribution in [0.4, 0.5) is 0 Å². The molecular formula is C21H31N3O3. The van der Waals surface area contributed by atoms with Crippen LogP contribution in [0.2, 0.25) is 0 Å². The van der Waals surface area contributed by atoms with Crippen LogP contribution in [-0.2, 0) is 18.2 Å². The zero-order chi connectivity index (χ0) is 19.6. The highest BCUT2D eigenvalue weighted by Gasteiger charge is 2.23. The zero-order valence-electron chi connectivity index (χ0n) is 16.5. The maximum atomic E-state index is 12.9. The molecular weight excluding hydrogens is 342 g/mol. The second kappa shape index (κ2) is 11.0. The first-order valence-corrected chi connectivity index (χ1v) is 9.32. The van der Waals surface area contributed by atoms with E-state index in [-0.39, 0.29) is 12.4 Å². The van der Waals surface area contributed by atoms with Gasteiger partial charge in [-0.05, 0) is 26.2 Å². The van der Waals surface area contributed by atoms with Crippen molar-refractivity contribution in [3.05, 3.63) is 59.9 Å². The number of aliphatic hydroxyl groups is 1. The zero-order valence-corrected chi connectivity index (χ0v) is 16.5. The van der Waals surface area contributed by atoms with Crippen molar-refractivity contribution in [2.75, 3.05) is 40.3 Å². The van der Waals surface area contributed by atoms with Gasteiger partial charge in [-0.15, -0.1) is 0 Å². The van der Waals surface area contributed by atoms with Crippen LogP contribution in [0.3, 0.4) is 0 Å². The molecule has 0 fully saturated rings. The Bertz CT molecular complexity index is 685. The molecule has 0 saturated heterocycles. The standard InChI is InChI=1S/C21H31N3O3/c1-23(2)13-11-22-15-19(25)16-27-20(14-18-10-7-12-24(18)3)21(26)17-8-5-4-6-9-17/h4-10,12,19-20,22,25H,11,13-16H2,1-3H3. The number of Topliss-reactive ketones (excluding diaryl/α,β-unsaturated/α-hetero) is 1. The molecule has 27 heavy (non-hydrogen) atoms. The minimum atomic E-state index is -0.661. The fourth-order valence-electron chi connectivity index (χ4n) is 2.77. The quantitative estimate of drug-likeness (QED) is 0.434. The van der Waals surface area contributed by atoms with Crippen LogP contribution in [0.5, 0.6) is 0 Å². The van der Waals surface area contributed by atoms with Gasteiger partial charge in [-0.25, -0.2) is 0 Å². The molecule has 0 aliphatic rings. The number of aliphatic hydroxyl groups excluding tert-OH is 1. The number of nitrogens with one attached hydrogen (secondary N) is 1. The summed E-state index contributed by atoms with van der Waals surface area (Å²) >= 11 is 0. The number of carbonyl (C=O) groups excluding carboxylic acids is 1. The van der Waals surface area contributed by atoms with Crippen molar-refractivity contribution in [2.24, 2.45) is 7.05 Å². The number of ether oxygens (including phenoxy) is 1. The van der Waals surface area contributed by atoms with Crippen LogP contribution in [0.15, 0.2) is 48.7 Å². The van der Waals surface area contributed by atoms with E-state index in [1.165, 1.54) is 0 Å². The fraction of sp³-hybridized carbons (Fsp3) is 0.476.